The second-order valence-electron chi connectivity index (χ2n) is 5.51. The first-order chi connectivity index (χ1) is 9.58. The van der Waals surface area contributed by atoms with Crippen LogP contribution in [0.25, 0.3) is 0 Å². The summed E-state index contributed by atoms with van der Waals surface area (Å²) in [5.41, 5.74) is 1.05. The fourth-order valence-corrected chi connectivity index (χ4v) is 2.12. The van der Waals surface area contributed by atoms with Crippen molar-refractivity contribution in [3.63, 3.8) is 0 Å². The summed E-state index contributed by atoms with van der Waals surface area (Å²) in [5.74, 6) is -0.314. The molecule has 1 fully saturated rings. The summed E-state index contributed by atoms with van der Waals surface area (Å²) in [6.45, 7) is 4.72. The average Bonchev–Trinajstić information content (AvgIpc) is 3.23. The maximum atomic E-state index is 12.3. The molecule has 1 aliphatic rings. The van der Waals surface area contributed by atoms with Gasteiger partial charge in [0.1, 0.15) is 5.41 Å². The normalized spacial score (nSPS) is 15.5. The van der Waals surface area contributed by atoms with E-state index in [0.717, 1.165) is 24.1 Å². The molecule has 1 saturated carbocycles. The molecule has 0 aliphatic heterocycles. The van der Waals surface area contributed by atoms with Crippen molar-refractivity contribution in [2.45, 2.75) is 39.5 Å². The van der Waals surface area contributed by atoms with E-state index in [4.69, 9.17) is 0 Å². The summed E-state index contributed by atoms with van der Waals surface area (Å²) in [6.07, 6.45) is 3.26. The SMILES string of the molecule is CCCCNC(=O)C1(C(=O)Nc2ccc(C)cc2)CC1. The number of hydrogen-bond acceptors (Lipinski definition) is 2. The number of hydrogen-bond donors (Lipinski definition) is 2. The third-order valence-electron chi connectivity index (χ3n) is 3.74. The maximum absolute atomic E-state index is 12.3. The molecule has 0 spiro atoms. The van der Waals surface area contributed by atoms with Crippen LogP contribution in [-0.2, 0) is 9.59 Å². The molecular weight excluding hydrogens is 252 g/mol. The fourth-order valence-electron chi connectivity index (χ4n) is 2.12. The summed E-state index contributed by atoms with van der Waals surface area (Å²) in [6, 6.07) is 7.60. The van der Waals surface area contributed by atoms with Gasteiger partial charge in [-0.3, -0.25) is 9.59 Å². The number of anilines is 1. The van der Waals surface area contributed by atoms with Crippen LogP contribution < -0.4 is 10.6 Å². The molecule has 0 radical (unpaired) electrons. The van der Waals surface area contributed by atoms with Gasteiger partial charge in [-0.1, -0.05) is 31.0 Å². The summed E-state index contributed by atoms with van der Waals surface area (Å²) in [4.78, 5) is 24.4. The number of benzene rings is 1. The predicted octanol–water partition coefficient (Wildman–Crippen LogP) is 2.63. The minimum atomic E-state index is -0.835. The van der Waals surface area contributed by atoms with Crippen LogP contribution in [0, 0.1) is 12.3 Å². The minimum absolute atomic E-state index is 0.129. The zero-order valence-electron chi connectivity index (χ0n) is 12.2. The average molecular weight is 274 g/mol. The fraction of sp³-hybridized carbons (Fsp3) is 0.500. The van der Waals surface area contributed by atoms with Gasteiger partial charge in [-0.2, -0.15) is 0 Å². The molecular formula is C16H22N2O2. The zero-order valence-corrected chi connectivity index (χ0v) is 12.2. The van der Waals surface area contributed by atoms with Crippen LogP contribution in [0.5, 0.6) is 0 Å². The molecule has 1 aromatic rings. The number of rotatable bonds is 6. The van der Waals surface area contributed by atoms with Gasteiger partial charge in [0.2, 0.25) is 11.8 Å². The Bertz CT molecular complexity index is 490. The molecule has 4 heteroatoms. The van der Waals surface area contributed by atoms with E-state index in [-0.39, 0.29) is 11.8 Å². The van der Waals surface area contributed by atoms with E-state index in [1.165, 1.54) is 0 Å². The van der Waals surface area contributed by atoms with Crippen molar-refractivity contribution in [1.82, 2.24) is 5.32 Å². The van der Waals surface area contributed by atoms with Gasteiger partial charge in [0.05, 0.1) is 0 Å². The van der Waals surface area contributed by atoms with Crippen molar-refractivity contribution in [1.29, 1.82) is 0 Å². The Hall–Kier alpha value is -1.84. The van der Waals surface area contributed by atoms with E-state index >= 15 is 0 Å². The quantitative estimate of drug-likeness (QED) is 0.619. The lowest BCUT2D eigenvalue weighted by molar-refractivity contribution is -0.134. The Morgan fingerprint density at radius 1 is 1.15 bits per heavy atom. The Labute approximate surface area is 119 Å². The molecule has 0 bridgehead atoms. The van der Waals surface area contributed by atoms with Crippen LogP contribution in [0.15, 0.2) is 24.3 Å². The monoisotopic (exact) mass is 274 g/mol. The first-order valence-corrected chi connectivity index (χ1v) is 7.25. The van der Waals surface area contributed by atoms with Gasteiger partial charge in [-0.05, 0) is 38.3 Å². The molecule has 0 heterocycles. The highest BCUT2D eigenvalue weighted by molar-refractivity contribution is 6.13. The largest absolute Gasteiger partial charge is 0.355 e. The smallest absolute Gasteiger partial charge is 0.240 e. The van der Waals surface area contributed by atoms with Crippen LogP contribution in [-0.4, -0.2) is 18.4 Å². The molecule has 0 atom stereocenters. The molecule has 2 rings (SSSR count). The van der Waals surface area contributed by atoms with Crippen molar-refractivity contribution in [3.8, 4) is 0 Å². The number of carbonyl (C=O) groups excluding carboxylic acids is 2. The van der Waals surface area contributed by atoms with Crippen LogP contribution in [0.1, 0.15) is 38.2 Å². The van der Waals surface area contributed by atoms with Gasteiger partial charge >= 0.3 is 0 Å². The van der Waals surface area contributed by atoms with E-state index in [2.05, 4.69) is 17.6 Å². The number of nitrogens with one attached hydrogen (secondary N) is 2. The Balaban J connectivity index is 1.94. The zero-order chi connectivity index (χ0) is 14.6. The van der Waals surface area contributed by atoms with Gasteiger partial charge in [0, 0.05) is 12.2 Å². The molecule has 0 saturated heterocycles. The lowest BCUT2D eigenvalue weighted by atomic mass is 10.0. The third kappa shape index (κ3) is 3.18. The molecule has 20 heavy (non-hydrogen) atoms. The van der Waals surface area contributed by atoms with Crippen molar-refractivity contribution in [2.75, 3.05) is 11.9 Å². The van der Waals surface area contributed by atoms with E-state index in [9.17, 15) is 9.59 Å². The molecule has 2 N–H and O–H groups in total. The molecule has 0 unspecified atom stereocenters. The molecule has 0 aromatic heterocycles. The first-order valence-electron chi connectivity index (χ1n) is 7.25. The van der Waals surface area contributed by atoms with E-state index in [0.29, 0.717) is 19.4 Å². The van der Waals surface area contributed by atoms with Crippen molar-refractivity contribution < 1.29 is 9.59 Å². The molecule has 4 nitrogen and oxygen atoms in total. The van der Waals surface area contributed by atoms with Crippen LogP contribution in [0.2, 0.25) is 0 Å². The Kier molecular flexibility index (Phi) is 4.42. The van der Waals surface area contributed by atoms with Gasteiger partial charge in [0.25, 0.3) is 0 Å². The second kappa shape index (κ2) is 6.07. The van der Waals surface area contributed by atoms with Crippen molar-refractivity contribution in [2.24, 2.45) is 5.41 Å². The van der Waals surface area contributed by atoms with Crippen molar-refractivity contribution in [3.05, 3.63) is 29.8 Å². The highest BCUT2D eigenvalue weighted by atomic mass is 16.2. The highest BCUT2D eigenvalue weighted by Crippen LogP contribution is 2.46. The van der Waals surface area contributed by atoms with E-state index in [1.54, 1.807) is 0 Å². The number of amides is 2. The summed E-state index contributed by atoms with van der Waals surface area (Å²) in [7, 11) is 0. The Morgan fingerprint density at radius 3 is 2.35 bits per heavy atom. The van der Waals surface area contributed by atoms with Gasteiger partial charge in [-0.15, -0.1) is 0 Å². The Morgan fingerprint density at radius 2 is 1.80 bits per heavy atom. The lowest BCUT2D eigenvalue weighted by Gasteiger charge is -2.15. The van der Waals surface area contributed by atoms with Crippen molar-refractivity contribution >= 4 is 17.5 Å². The lowest BCUT2D eigenvalue weighted by Crippen LogP contribution is -2.40. The second-order valence-corrected chi connectivity index (χ2v) is 5.51. The number of unbranched alkanes of at least 4 members (excludes halogenated alkanes) is 1. The third-order valence-corrected chi connectivity index (χ3v) is 3.74. The van der Waals surface area contributed by atoms with Gasteiger partial charge < -0.3 is 10.6 Å². The summed E-state index contributed by atoms with van der Waals surface area (Å²) >= 11 is 0. The minimum Gasteiger partial charge on any atom is -0.355 e. The van der Waals surface area contributed by atoms with Crippen LogP contribution >= 0.6 is 0 Å². The van der Waals surface area contributed by atoms with Crippen LogP contribution in [0.4, 0.5) is 5.69 Å². The summed E-state index contributed by atoms with van der Waals surface area (Å²) < 4.78 is 0. The number of aryl methyl sites for hydroxylation is 1. The standard InChI is InChI=1S/C16H22N2O2/c1-3-4-11-17-14(19)16(9-10-16)15(20)18-13-7-5-12(2)6-8-13/h5-8H,3-4,9-11H2,1-2H3,(H,17,19)(H,18,20). The first kappa shape index (κ1) is 14.6. The molecule has 2 amide bonds. The molecule has 1 aromatic carbocycles. The topological polar surface area (TPSA) is 58.2 Å². The van der Waals surface area contributed by atoms with Crippen LogP contribution in [0.3, 0.4) is 0 Å². The van der Waals surface area contributed by atoms with Gasteiger partial charge in [0.15, 0.2) is 0 Å². The van der Waals surface area contributed by atoms with Gasteiger partial charge in [-0.25, -0.2) is 0 Å². The highest BCUT2D eigenvalue weighted by Gasteiger charge is 2.56. The predicted molar refractivity (Wildman–Crippen MR) is 79.4 cm³/mol. The summed E-state index contributed by atoms with van der Waals surface area (Å²) in [5, 5.41) is 5.71. The van der Waals surface area contributed by atoms with E-state index in [1.807, 2.05) is 31.2 Å². The maximum Gasteiger partial charge on any atom is 0.240 e. The van der Waals surface area contributed by atoms with E-state index < -0.39 is 5.41 Å². The molecule has 1 aliphatic carbocycles. The molecule has 108 valence electrons. The number of carbonyl (C=O) groups is 2.